The van der Waals surface area contributed by atoms with Gasteiger partial charge in [-0.15, -0.1) is 0 Å². The van der Waals surface area contributed by atoms with Crippen molar-refractivity contribution in [1.82, 2.24) is 0 Å². The summed E-state index contributed by atoms with van der Waals surface area (Å²) < 4.78 is 25.7. The second-order valence-corrected chi connectivity index (χ2v) is 3.62. The first-order chi connectivity index (χ1) is 8.74. The van der Waals surface area contributed by atoms with E-state index in [-0.39, 0.29) is 18.2 Å². The number of benzene rings is 2. The van der Waals surface area contributed by atoms with Gasteiger partial charge in [-0.05, 0) is 29.8 Å². The lowest BCUT2D eigenvalue weighted by Gasteiger charge is -1.99. The fourth-order valence-corrected chi connectivity index (χ4v) is 1.38. The van der Waals surface area contributed by atoms with Crippen molar-refractivity contribution in [3.63, 3.8) is 0 Å². The molecule has 0 amide bonds. The molecule has 0 aliphatic carbocycles. The Kier molecular flexibility index (Phi) is 4.02. The molecule has 0 saturated heterocycles. The monoisotopic (exact) mass is 246 g/mol. The summed E-state index contributed by atoms with van der Waals surface area (Å²) in [6, 6.07) is 11.9. The zero-order valence-corrected chi connectivity index (χ0v) is 9.44. The summed E-state index contributed by atoms with van der Waals surface area (Å²) in [5.41, 5.74) is 1.15. The normalized spacial score (nSPS) is 10.8. The van der Waals surface area contributed by atoms with Gasteiger partial charge in [0.25, 0.3) is 0 Å². The van der Waals surface area contributed by atoms with Gasteiger partial charge in [-0.1, -0.05) is 29.4 Å². The van der Waals surface area contributed by atoms with Crippen LogP contribution >= 0.6 is 0 Å². The molecule has 2 nitrogen and oxygen atoms in total. The van der Waals surface area contributed by atoms with E-state index in [0.29, 0.717) is 11.1 Å². The molecule has 91 valence electrons. The molecule has 0 aliphatic rings. The first-order valence-electron chi connectivity index (χ1n) is 5.32. The number of hydrogen-bond donors (Lipinski definition) is 0. The summed E-state index contributed by atoms with van der Waals surface area (Å²) in [6.45, 7) is 0.139. The molecule has 0 saturated carbocycles. The molecule has 0 atom stereocenters. The van der Waals surface area contributed by atoms with Gasteiger partial charge >= 0.3 is 0 Å². The molecular weight excluding hydrogens is 236 g/mol. The molecule has 1 radical (unpaired) electrons. The molecule has 0 unspecified atom stereocenters. The zero-order valence-electron chi connectivity index (χ0n) is 9.44. The van der Waals surface area contributed by atoms with Crippen molar-refractivity contribution in [2.24, 2.45) is 5.16 Å². The quantitative estimate of drug-likeness (QED) is 0.598. The minimum absolute atomic E-state index is 0.139. The second kappa shape index (κ2) is 5.91. The van der Waals surface area contributed by atoms with Gasteiger partial charge < -0.3 is 4.84 Å². The Morgan fingerprint density at radius 1 is 1.00 bits per heavy atom. The standard InChI is InChI=1S/C14H10F2NO/c15-13-5-1-3-11(7-13)9-17-18-10-12-4-2-6-14(16)8-12/h1-8H,10H2. The van der Waals surface area contributed by atoms with E-state index in [0.717, 1.165) is 0 Å². The summed E-state index contributed by atoms with van der Waals surface area (Å²) in [6.07, 6.45) is 2.54. The van der Waals surface area contributed by atoms with Crippen LogP contribution in [0.25, 0.3) is 0 Å². The largest absolute Gasteiger partial charge is 0.390 e. The maximum absolute atomic E-state index is 12.8. The molecule has 0 fully saturated rings. The summed E-state index contributed by atoms with van der Waals surface area (Å²) in [5, 5.41) is 3.57. The highest BCUT2D eigenvalue weighted by molar-refractivity contribution is 5.78. The van der Waals surface area contributed by atoms with Crippen LogP contribution in [-0.2, 0) is 11.4 Å². The van der Waals surface area contributed by atoms with Crippen molar-refractivity contribution in [2.75, 3.05) is 0 Å². The van der Waals surface area contributed by atoms with E-state index >= 15 is 0 Å². The third-order valence-corrected chi connectivity index (χ3v) is 2.18. The van der Waals surface area contributed by atoms with E-state index in [1.165, 1.54) is 24.3 Å². The van der Waals surface area contributed by atoms with Crippen LogP contribution in [0.15, 0.2) is 53.7 Å². The average molecular weight is 246 g/mol. The van der Waals surface area contributed by atoms with Gasteiger partial charge in [0.1, 0.15) is 24.5 Å². The molecule has 2 aromatic rings. The Balaban J connectivity index is 1.89. The van der Waals surface area contributed by atoms with Crippen molar-refractivity contribution in [1.29, 1.82) is 0 Å². The third-order valence-electron chi connectivity index (χ3n) is 2.18. The first kappa shape index (κ1) is 12.2. The van der Waals surface area contributed by atoms with Crippen LogP contribution in [0, 0.1) is 11.6 Å². The molecule has 2 rings (SSSR count). The lowest BCUT2D eigenvalue weighted by molar-refractivity contribution is 0.132. The molecular formula is C14H10F2NO. The van der Waals surface area contributed by atoms with Gasteiger partial charge in [-0.2, -0.15) is 0 Å². The van der Waals surface area contributed by atoms with Crippen molar-refractivity contribution in [3.8, 4) is 0 Å². The first-order valence-corrected chi connectivity index (χ1v) is 5.32. The van der Waals surface area contributed by atoms with Gasteiger partial charge in [0.2, 0.25) is 0 Å². The predicted molar refractivity (Wildman–Crippen MR) is 64.1 cm³/mol. The van der Waals surface area contributed by atoms with E-state index in [1.807, 2.05) is 0 Å². The Morgan fingerprint density at radius 3 is 2.44 bits per heavy atom. The van der Waals surface area contributed by atoms with Crippen LogP contribution in [0.2, 0.25) is 0 Å². The SMILES string of the molecule is Fc1cccc(/[C]=N\OCc2cccc(F)c2)c1. The van der Waals surface area contributed by atoms with Crippen LogP contribution in [-0.4, -0.2) is 6.21 Å². The highest BCUT2D eigenvalue weighted by Crippen LogP contribution is 2.05. The summed E-state index contributed by atoms with van der Waals surface area (Å²) in [5.74, 6) is -0.686. The molecule has 4 heteroatoms. The van der Waals surface area contributed by atoms with Crippen molar-refractivity contribution in [2.45, 2.75) is 6.61 Å². The summed E-state index contributed by atoms with van der Waals surface area (Å²) in [7, 11) is 0. The van der Waals surface area contributed by atoms with Gasteiger partial charge in [0, 0.05) is 5.56 Å². The van der Waals surface area contributed by atoms with Crippen molar-refractivity contribution >= 4 is 6.21 Å². The molecule has 0 heterocycles. The van der Waals surface area contributed by atoms with Crippen LogP contribution in [0.1, 0.15) is 11.1 Å². The topological polar surface area (TPSA) is 21.6 Å². The summed E-state index contributed by atoms with van der Waals surface area (Å²) >= 11 is 0. The fourth-order valence-electron chi connectivity index (χ4n) is 1.38. The Labute approximate surface area is 104 Å². The Hall–Kier alpha value is -2.23. The molecule has 18 heavy (non-hydrogen) atoms. The number of rotatable bonds is 4. The zero-order chi connectivity index (χ0) is 12.8. The van der Waals surface area contributed by atoms with E-state index in [1.54, 1.807) is 24.3 Å². The van der Waals surface area contributed by atoms with Crippen LogP contribution in [0.4, 0.5) is 8.78 Å². The summed E-state index contributed by atoms with van der Waals surface area (Å²) in [4.78, 5) is 4.94. The highest BCUT2D eigenvalue weighted by atomic mass is 19.1. The van der Waals surface area contributed by atoms with E-state index in [9.17, 15) is 8.78 Å². The highest BCUT2D eigenvalue weighted by Gasteiger charge is 1.95. The maximum atomic E-state index is 12.8. The lowest BCUT2D eigenvalue weighted by atomic mass is 10.2. The van der Waals surface area contributed by atoms with E-state index < -0.39 is 0 Å². The molecule has 0 aromatic heterocycles. The van der Waals surface area contributed by atoms with Gasteiger partial charge in [-0.25, -0.2) is 8.78 Å². The molecule has 0 N–H and O–H groups in total. The Bertz CT molecular complexity index is 555. The van der Waals surface area contributed by atoms with Gasteiger partial charge in [0.15, 0.2) is 0 Å². The predicted octanol–water partition coefficient (Wildman–Crippen LogP) is 3.39. The smallest absolute Gasteiger partial charge is 0.142 e. The molecule has 0 bridgehead atoms. The fraction of sp³-hybridized carbons (Fsp3) is 0.0714. The lowest BCUT2D eigenvalue weighted by Crippen LogP contribution is -1.89. The molecule has 0 aliphatic heterocycles. The van der Waals surface area contributed by atoms with E-state index in [4.69, 9.17) is 4.84 Å². The van der Waals surface area contributed by atoms with Crippen molar-refractivity contribution in [3.05, 3.63) is 71.3 Å². The minimum atomic E-state index is -0.361. The maximum Gasteiger partial charge on any atom is 0.142 e. The number of halogens is 2. The van der Waals surface area contributed by atoms with Crippen LogP contribution in [0.5, 0.6) is 0 Å². The van der Waals surface area contributed by atoms with Crippen LogP contribution in [0.3, 0.4) is 0 Å². The van der Waals surface area contributed by atoms with Crippen LogP contribution < -0.4 is 0 Å². The Morgan fingerprint density at radius 2 is 1.72 bits per heavy atom. The second-order valence-electron chi connectivity index (χ2n) is 3.62. The van der Waals surface area contributed by atoms with E-state index in [2.05, 4.69) is 11.4 Å². The van der Waals surface area contributed by atoms with Crippen molar-refractivity contribution < 1.29 is 13.6 Å². The van der Waals surface area contributed by atoms with Gasteiger partial charge in [0.05, 0.1) is 0 Å². The third kappa shape index (κ3) is 3.66. The molecule has 0 spiro atoms. The molecule has 2 aromatic carbocycles. The number of hydrogen-bond acceptors (Lipinski definition) is 2. The minimum Gasteiger partial charge on any atom is -0.390 e. The van der Waals surface area contributed by atoms with Gasteiger partial charge in [-0.3, -0.25) is 0 Å². The average Bonchev–Trinajstić information content (AvgIpc) is 2.35. The number of nitrogens with zero attached hydrogens (tertiary/aromatic N) is 1.